The SMILES string of the molecule is C=CCn1c(SCC(=O)N2CC(=O)Nc3ccccc32)nnc1-c1occc1C. The van der Waals surface area contributed by atoms with Gasteiger partial charge >= 0.3 is 0 Å². The smallest absolute Gasteiger partial charge is 0.244 e. The largest absolute Gasteiger partial charge is 0.461 e. The van der Waals surface area contributed by atoms with E-state index in [2.05, 4.69) is 22.1 Å². The molecular formula is C20H19N5O3S. The van der Waals surface area contributed by atoms with Crippen molar-refractivity contribution in [3.8, 4) is 11.6 Å². The van der Waals surface area contributed by atoms with Crippen molar-refractivity contribution >= 4 is 35.0 Å². The van der Waals surface area contributed by atoms with Crippen LogP contribution in [0.25, 0.3) is 11.6 Å². The van der Waals surface area contributed by atoms with Crippen LogP contribution in [0.4, 0.5) is 11.4 Å². The molecule has 0 fully saturated rings. The van der Waals surface area contributed by atoms with Crippen molar-refractivity contribution in [3.05, 3.63) is 54.8 Å². The number of carbonyl (C=O) groups excluding carboxylic acids is 2. The van der Waals surface area contributed by atoms with E-state index in [-0.39, 0.29) is 24.1 Å². The second kappa shape index (κ2) is 7.96. The number of amides is 2. The molecule has 0 bridgehead atoms. The minimum atomic E-state index is -0.215. The molecule has 0 saturated heterocycles. The highest BCUT2D eigenvalue weighted by molar-refractivity contribution is 7.99. The first kappa shape index (κ1) is 19.0. The third-order valence-corrected chi connectivity index (χ3v) is 5.44. The van der Waals surface area contributed by atoms with Gasteiger partial charge in [0.15, 0.2) is 10.9 Å². The first-order valence-corrected chi connectivity index (χ1v) is 9.97. The number of anilines is 2. The summed E-state index contributed by atoms with van der Waals surface area (Å²) in [5, 5.41) is 11.8. The van der Waals surface area contributed by atoms with Crippen molar-refractivity contribution in [2.24, 2.45) is 0 Å². The van der Waals surface area contributed by atoms with Crippen molar-refractivity contribution in [3.63, 3.8) is 0 Å². The average Bonchev–Trinajstić information content (AvgIpc) is 3.31. The van der Waals surface area contributed by atoms with Crippen LogP contribution in [0.2, 0.25) is 0 Å². The highest BCUT2D eigenvalue weighted by Crippen LogP contribution is 2.31. The molecule has 3 aromatic rings. The number of benzene rings is 1. The lowest BCUT2D eigenvalue weighted by molar-refractivity contribution is -0.120. The predicted molar refractivity (Wildman–Crippen MR) is 111 cm³/mol. The zero-order valence-corrected chi connectivity index (χ0v) is 16.6. The third-order valence-electron chi connectivity index (χ3n) is 4.49. The Balaban J connectivity index is 1.55. The maximum atomic E-state index is 12.9. The molecule has 0 spiro atoms. The zero-order valence-electron chi connectivity index (χ0n) is 15.8. The van der Waals surface area contributed by atoms with Gasteiger partial charge in [-0.1, -0.05) is 30.0 Å². The van der Waals surface area contributed by atoms with E-state index in [9.17, 15) is 9.59 Å². The molecular weight excluding hydrogens is 390 g/mol. The van der Waals surface area contributed by atoms with Gasteiger partial charge in [0.2, 0.25) is 17.6 Å². The van der Waals surface area contributed by atoms with E-state index >= 15 is 0 Å². The Morgan fingerprint density at radius 1 is 1.34 bits per heavy atom. The lowest BCUT2D eigenvalue weighted by atomic mass is 10.2. The van der Waals surface area contributed by atoms with Crippen LogP contribution in [0.15, 0.2) is 58.8 Å². The van der Waals surface area contributed by atoms with Crippen LogP contribution in [0.5, 0.6) is 0 Å². The maximum Gasteiger partial charge on any atom is 0.244 e. The van der Waals surface area contributed by atoms with Crippen LogP contribution in [0, 0.1) is 6.92 Å². The van der Waals surface area contributed by atoms with E-state index in [1.165, 1.54) is 16.7 Å². The number of nitrogens with one attached hydrogen (secondary N) is 1. The predicted octanol–water partition coefficient (Wildman–Crippen LogP) is 3.11. The molecule has 29 heavy (non-hydrogen) atoms. The zero-order chi connectivity index (χ0) is 20.4. The summed E-state index contributed by atoms with van der Waals surface area (Å²) in [6, 6.07) is 9.10. The minimum absolute atomic E-state index is 0.00735. The van der Waals surface area contributed by atoms with E-state index in [0.717, 1.165) is 5.56 Å². The van der Waals surface area contributed by atoms with Crippen LogP contribution in [-0.2, 0) is 16.1 Å². The van der Waals surface area contributed by atoms with Crippen LogP contribution in [-0.4, -0.2) is 38.9 Å². The van der Waals surface area contributed by atoms with Crippen LogP contribution < -0.4 is 10.2 Å². The molecule has 8 nitrogen and oxygen atoms in total. The van der Waals surface area contributed by atoms with Gasteiger partial charge in [0.1, 0.15) is 6.54 Å². The van der Waals surface area contributed by atoms with Gasteiger partial charge in [-0.05, 0) is 30.7 Å². The number of fused-ring (bicyclic) bond motifs is 1. The van der Waals surface area contributed by atoms with Crippen molar-refractivity contribution in [1.29, 1.82) is 0 Å². The lowest BCUT2D eigenvalue weighted by Gasteiger charge is -2.29. The van der Waals surface area contributed by atoms with Gasteiger partial charge in [0.05, 0.1) is 23.4 Å². The van der Waals surface area contributed by atoms with Crippen molar-refractivity contribution in [1.82, 2.24) is 14.8 Å². The topological polar surface area (TPSA) is 93.3 Å². The first-order valence-electron chi connectivity index (χ1n) is 8.99. The number of thioether (sulfide) groups is 1. The molecule has 1 N–H and O–H groups in total. The molecule has 1 aliphatic rings. The van der Waals surface area contributed by atoms with E-state index < -0.39 is 0 Å². The summed E-state index contributed by atoms with van der Waals surface area (Å²) in [7, 11) is 0. The Morgan fingerprint density at radius 3 is 2.93 bits per heavy atom. The molecule has 0 saturated carbocycles. The minimum Gasteiger partial charge on any atom is -0.461 e. The number of aryl methyl sites for hydroxylation is 1. The van der Waals surface area contributed by atoms with E-state index in [1.54, 1.807) is 18.4 Å². The number of carbonyl (C=O) groups is 2. The van der Waals surface area contributed by atoms with Crippen molar-refractivity contribution in [2.45, 2.75) is 18.6 Å². The van der Waals surface area contributed by atoms with Gasteiger partial charge in [0.25, 0.3) is 0 Å². The molecule has 0 radical (unpaired) electrons. The molecule has 2 aromatic heterocycles. The molecule has 148 valence electrons. The Bertz CT molecular complexity index is 1090. The van der Waals surface area contributed by atoms with Crippen LogP contribution in [0.1, 0.15) is 5.56 Å². The molecule has 1 aliphatic heterocycles. The molecule has 0 atom stereocenters. The fourth-order valence-electron chi connectivity index (χ4n) is 3.12. The van der Waals surface area contributed by atoms with Gasteiger partial charge in [-0.2, -0.15) is 0 Å². The number of rotatable bonds is 6. The summed E-state index contributed by atoms with van der Waals surface area (Å²) in [5.41, 5.74) is 2.27. The fourth-order valence-corrected chi connectivity index (χ4v) is 3.94. The van der Waals surface area contributed by atoms with Gasteiger partial charge in [0, 0.05) is 6.54 Å². The number of hydrogen-bond donors (Lipinski definition) is 1. The Morgan fingerprint density at radius 2 is 2.17 bits per heavy atom. The quantitative estimate of drug-likeness (QED) is 0.497. The monoisotopic (exact) mass is 409 g/mol. The summed E-state index contributed by atoms with van der Waals surface area (Å²) < 4.78 is 7.39. The second-order valence-corrected chi connectivity index (χ2v) is 7.41. The molecule has 2 amide bonds. The number of nitrogens with zero attached hydrogens (tertiary/aromatic N) is 4. The molecule has 4 rings (SSSR count). The summed E-state index contributed by atoms with van der Waals surface area (Å²) >= 11 is 1.27. The lowest BCUT2D eigenvalue weighted by Crippen LogP contribution is -2.43. The molecule has 9 heteroatoms. The first-order chi connectivity index (χ1) is 14.1. The molecule has 0 unspecified atom stereocenters. The van der Waals surface area contributed by atoms with Crippen molar-refractivity contribution in [2.75, 3.05) is 22.5 Å². The number of furan rings is 1. The number of aromatic nitrogens is 3. The van der Waals surface area contributed by atoms with E-state index in [4.69, 9.17) is 4.42 Å². The Hall–Kier alpha value is -3.33. The number of hydrogen-bond acceptors (Lipinski definition) is 6. The van der Waals surface area contributed by atoms with E-state index in [1.807, 2.05) is 35.8 Å². The summed E-state index contributed by atoms with van der Waals surface area (Å²) in [5.74, 6) is 0.950. The summed E-state index contributed by atoms with van der Waals surface area (Å²) in [6.45, 7) is 6.19. The Labute approximate surface area is 171 Å². The molecule has 3 heterocycles. The van der Waals surface area contributed by atoms with Crippen LogP contribution >= 0.6 is 11.8 Å². The third kappa shape index (κ3) is 3.68. The highest BCUT2D eigenvalue weighted by atomic mass is 32.2. The standard InChI is InChI=1S/C20H19N5O3S/c1-3-9-24-19(18-13(2)8-10-28-18)22-23-20(24)29-12-17(27)25-11-16(26)21-14-6-4-5-7-15(14)25/h3-8,10H,1,9,11-12H2,2H3,(H,21,26). The van der Waals surface area contributed by atoms with Gasteiger partial charge in [-0.25, -0.2) is 0 Å². The van der Waals surface area contributed by atoms with Crippen molar-refractivity contribution < 1.29 is 14.0 Å². The average molecular weight is 409 g/mol. The Kier molecular flexibility index (Phi) is 5.22. The van der Waals surface area contributed by atoms with Gasteiger partial charge in [-0.3, -0.25) is 14.2 Å². The second-order valence-electron chi connectivity index (χ2n) is 6.47. The van der Waals surface area contributed by atoms with E-state index in [0.29, 0.717) is 34.7 Å². The number of para-hydroxylation sites is 2. The normalized spacial score (nSPS) is 13.1. The van der Waals surface area contributed by atoms with Crippen LogP contribution in [0.3, 0.4) is 0 Å². The molecule has 0 aliphatic carbocycles. The summed E-state index contributed by atoms with van der Waals surface area (Å²) in [4.78, 5) is 26.3. The fraction of sp³-hybridized carbons (Fsp3) is 0.200. The highest BCUT2D eigenvalue weighted by Gasteiger charge is 2.27. The van der Waals surface area contributed by atoms with Gasteiger partial charge < -0.3 is 14.6 Å². The molecule has 1 aromatic carbocycles. The summed E-state index contributed by atoms with van der Waals surface area (Å²) in [6.07, 6.45) is 3.34. The number of allylic oxidation sites excluding steroid dienone is 1. The van der Waals surface area contributed by atoms with Gasteiger partial charge in [-0.15, -0.1) is 16.8 Å². The maximum absolute atomic E-state index is 12.9.